The van der Waals surface area contributed by atoms with Crippen LogP contribution in [-0.4, -0.2) is 33.4 Å². The molecular formula is C14H13N3O4S. The van der Waals surface area contributed by atoms with E-state index in [0.29, 0.717) is 17.7 Å². The van der Waals surface area contributed by atoms with Crippen molar-refractivity contribution in [2.45, 2.75) is 19.8 Å². The van der Waals surface area contributed by atoms with Gasteiger partial charge in [-0.3, -0.25) is 0 Å². The molecule has 1 aliphatic rings. The number of fused-ring (bicyclic) bond motifs is 1. The Balaban J connectivity index is 2.12. The summed E-state index contributed by atoms with van der Waals surface area (Å²) in [7, 11) is -3.72. The zero-order valence-electron chi connectivity index (χ0n) is 11.7. The lowest BCUT2D eigenvalue weighted by Gasteiger charge is -2.13. The molecule has 0 amide bonds. The highest BCUT2D eigenvalue weighted by Gasteiger charge is 2.24. The standard InChI is InChI=1S/C14H13N3O4S/c1-9-2-4-10(5-3-9)22(20,21)17-7-6-11-13(17)15-8-12(16-11)14(18)19/h2,4,6-8H,3,5H2,1H3,(H,18,19). The van der Waals surface area contributed by atoms with Crippen molar-refractivity contribution in [1.82, 2.24) is 13.9 Å². The van der Waals surface area contributed by atoms with Gasteiger partial charge in [0.1, 0.15) is 5.52 Å². The van der Waals surface area contributed by atoms with Gasteiger partial charge >= 0.3 is 5.97 Å². The summed E-state index contributed by atoms with van der Waals surface area (Å²) in [5.41, 5.74) is 1.25. The van der Waals surface area contributed by atoms with Gasteiger partial charge in [-0.05, 0) is 31.9 Å². The van der Waals surface area contributed by atoms with Crippen LogP contribution in [0, 0.1) is 0 Å². The van der Waals surface area contributed by atoms with Crippen LogP contribution in [0.3, 0.4) is 0 Å². The lowest BCUT2D eigenvalue weighted by molar-refractivity contribution is 0.0690. The van der Waals surface area contributed by atoms with Crippen LogP contribution < -0.4 is 0 Å². The molecule has 0 aromatic carbocycles. The Morgan fingerprint density at radius 2 is 2.09 bits per heavy atom. The van der Waals surface area contributed by atoms with Crippen molar-refractivity contribution in [3.8, 4) is 0 Å². The van der Waals surface area contributed by atoms with Gasteiger partial charge in [-0.25, -0.2) is 27.2 Å². The average Bonchev–Trinajstić information content (AvgIpc) is 2.91. The summed E-state index contributed by atoms with van der Waals surface area (Å²) in [6.07, 6.45) is 6.91. The fourth-order valence-electron chi connectivity index (χ4n) is 2.25. The molecule has 0 spiro atoms. The predicted molar refractivity (Wildman–Crippen MR) is 79.9 cm³/mol. The first kappa shape index (κ1) is 14.5. The van der Waals surface area contributed by atoms with E-state index in [2.05, 4.69) is 9.97 Å². The Kier molecular flexibility index (Phi) is 3.32. The van der Waals surface area contributed by atoms with E-state index in [1.165, 1.54) is 12.3 Å². The zero-order valence-corrected chi connectivity index (χ0v) is 12.5. The zero-order chi connectivity index (χ0) is 15.9. The maximum absolute atomic E-state index is 12.7. The number of carbonyl (C=O) groups is 1. The summed E-state index contributed by atoms with van der Waals surface area (Å²) < 4.78 is 26.4. The minimum Gasteiger partial charge on any atom is -0.476 e. The molecule has 1 N–H and O–H groups in total. The van der Waals surface area contributed by atoms with E-state index in [9.17, 15) is 13.2 Å². The summed E-state index contributed by atoms with van der Waals surface area (Å²) in [6.45, 7) is 1.95. The van der Waals surface area contributed by atoms with Crippen LogP contribution in [0.1, 0.15) is 30.3 Å². The van der Waals surface area contributed by atoms with Gasteiger partial charge in [0.25, 0.3) is 10.0 Å². The molecule has 114 valence electrons. The molecule has 0 saturated carbocycles. The van der Waals surface area contributed by atoms with Crippen LogP contribution in [0.2, 0.25) is 0 Å². The van der Waals surface area contributed by atoms with E-state index in [0.717, 1.165) is 15.7 Å². The number of allylic oxidation sites excluding steroid dienone is 4. The maximum atomic E-state index is 12.7. The summed E-state index contributed by atoms with van der Waals surface area (Å²) in [6, 6.07) is 1.44. The first-order valence-corrected chi connectivity index (χ1v) is 8.03. The molecule has 8 heteroatoms. The van der Waals surface area contributed by atoms with Gasteiger partial charge in [-0.1, -0.05) is 11.6 Å². The third kappa shape index (κ3) is 2.31. The molecule has 22 heavy (non-hydrogen) atoms. The van der Waals surface area contributed by atoms with Crippen LogP contribution in [0.25, 0.3) is 11.2 Å². The van der Waals surface area contributed by atoms with Crippen molar-refractivity contribution in [2.75, 3.05) is 0 Å². The van der Waals surface area contributed by atoms with E-state index < -0.39 is 16.0 Å². The normalized spacial score (nSPS) is 15.5. The number of hydrogen-bond donors (Lipinski definition) is 1. The third-order valence-corrected chi connectivity index (χ3v) is 5.30. The number of nitrogens with zero attached hydrogens (tertiary/aromatic N) is 3. The van der Waals surface area contributed by atoms with Gasteiger partial charge in [0.2, 0.25) is 0 Å². The lowest BCUT2D eigenvalue weighted by atomic mass is 10.1. The molecule has 0 bridgehead atoms. The molecule has 2 aromatic heterocycles. The minimum atomic E-state index is -3.72. The highest BCUT2D eigenvalue weighted by atomic mass is 32.2. The van der Waals surface area contributed by atoms with Crippen LogP contribution in [0.4, 0.5) is 0 Å². The second-order valence-electron chi connectivity index (χ2n) is 5.03. The van der Waals surface area contributed by atoms with Crippen molar-refractivity contribution >= 4 is 27.2 Å². The lowest BCUT2D eigenvalue weighted by Crippen LogP contribution is -2.16. The number of carboxylic acids is 1. The van der Waals surface area contributed by atoms with Crippen molar-refractivity contribution in [3.05, 3.63) is 46.8 Å². The summed E-state index contributed by atoms with van der Waals surface area (Å²) in [4.78, 5) is 19.0. The Hall–Kier alpha value is -2.48. The number of hydrogen-bond acceptors (Lipinski definition) is 5. The fraction of sp³-hybridized carbons (Fsp3) is 0.214. The maximum Gasteiger partial charge on any atom is 0.356 e. The molecule has 1 aliphatic carbocycles. The number of aromatic nitrogens is 3. The van der Waals surface area contributed by atoms with E-state index in [-0.39, 0.29) is 16.9 Å². The number of rotatable bonds is 3. The molecule has 2 heterocycles. The van der Waals surface area contributed by atoms with Gasteiger partial charge in [-0.15, -0.1) is 0 Å². The molecule has 0 radical (unpaired) electrons. The quantitative estimate of drug-likeness (QED) is 0.927. The second kappa shape index (κ2) is 5.06. The van der Waals surface area contributed by atoms with Crippen molar-refractivity contribution in [2.24, 2.45) is 0 Å². The molecule has 0 unspecified atom stereocenters. The van der Waals surface area contributed by atoms with Gasteiger partial charge < -0.3 is 5.11 Å². The Bertz CT molecular complexity index is 938. The fourth-order valence-corrected chi connectivity index (χ4v) is 3.69. The smallest absolute Gasteiger partial charge is 0.356 e. The molecule has 0 saturated heterocycles. The van der Waals surface area contributed by atoms with Crippen molar-refractivity contribution < 1.29 is 18.3 Å². The third-order valence-electron chi connectivity index (χ3n) is 3.48. The molecule has 0 aliphatic heterocycles. The Labute approximate surface area is 126 Å². The van der Waals surface area contributed by atoms with Gasteiger partial charge in [0.15, 0.2) is 11.3 Å². The summed E-state index contributed by atoms with van der Waals surface area (Å²) in [5, 5.41) is 8.90. The van der Waals surface area contributed by atoms with Crippen molar-refractivity contribution in [1.29, 1.82) is 0 Å². The molecule has 7 nitrogen and oxygen atoms in total. The molecular weight excluding hydrogens is 306 g/mol. The molecule has 2 aromatic rings. The first-order valence-electron chi connectivity index (χ1n) is 6.59. The molecule has 3 rings (SSSR count). The van der Waals surface area contributed by atoms with Crippen LogP contribution in [-0.2, 0) is 10.0 Å². The SMILES string of the molecule is CC1=CC=C(S(=O)(=O)n2ccc3nc(C(=O)O)cnc32)CC1. The minimum absolute atomic E-state index is 0.122. The Morgan fingerprint density at radius 3 is 2.73 bits per heavy atom. The average molecular weight is 319 g/mol. The summed E-state index contributed by atoms with van der Waals surface area (Å²) >= 11 is 0. The molecule has 0 fully saturated rings. The number of aromatic carboxylic acids is 1. The number of carboxylic acid groups (broad SMARTS) is 1. The highest BCUT2D eigenvalue weighted by Crippen LogP contribution is 2.26. The van der Waals surface area contributed by atoms with Crippen molar-refractivity contribution in [3.63, 3.8) is 0 Å². The van der Waals surface area contributed by atoms with E-state index in [1.807, 2.05) is 6.92 Å². The van der Waals surface area contributed by atoms with Gasteiger partial charge in [0, 0.05) is 6.20 Å². The second-order valence-corrected chi connectivity index (χ2v) is 6.90. The van der Waals surface area contributed by atoms with Crippen LogP contribution >= 0.6 is 0 Å². The largest absolute Gasteiger partial charge is 0.476 e. The topological polar surface area (TPSA) is 102 Å². The van der Waals surface area contributed by atoms with E-state index in [4.69, 9.17) is 5.11 Å². The Morgan fingerprint density at radius 1 is 1.32 bits per heavy atom. The van der Waals surface area contributed by atoms with Gasteiger partial charge in [0.05, 0.1) is 11.1 Å². The monoisotopic (exact) mass is 319 g/mol. The first-order chi connectivity index (χ1) is 10.4. The van der Waals surface area contributed by atoms with E-state index >= 15 is 0 Å². The highest BCUT2D eigenvalue weighted by molar-refractivity contribution is 7.93. The summed E-state index contributed by atoms with van der Waals surface area (Å²) in [5.74, 6) is -1.21. The van der Waals surface area contributed by atoms with Crippen LogP contribution in [0.15, 0.2) is 41.1 Å². The van der Waals surface area contributed by atoms with Gasteiger partial charge in [-0.2, -0.15) is 0 Å². The molecule has 0 atom stereocenters. The van der Waals surface area contributed by atoms with Crippen LogP contribution in [0.5, 0.6) is 0 Å². The van der Waals surface area contributed by atoms with E-state index in [1.54, 1.807) is 12.2 Å². The predicted octanol–water partition coefficient (Wildman–Crippen LogP) is 1.93.